The fourth-order valence-electron chi connectivity index (χ4n) is 8.28. The van der Waals surface area contributed by atoms with Gasteiger partial charge in [0.2, 0.25) is 0 Å². The third kappa shape index (κ3) is 58.8. The maximum Gasteiger partial charge on any atom is 0.306 e. The average Bonchev–Trinajstić information content (AvgIpc) is 3.39. The molecule has 0 saturated carbocycles. The van der Waals surface area contributed by atoms with Crippen molar-refractivity contribution in [1.29, 1.82) is 0 Å². The van der Waals surface area contributed by atoms with E-state index in [1.165, 1.54) is 89.9 Å². The highest BCUT2D eigenvalue weighted by Crippen LogP contribution is 2.16. The molecule has 0 fully saturated rings. The number of carbonyl (C=O) groups excluding carboxylic acids is 3. The molecule has 416 valence electrons. The van der Waals surface area contributed by atoms with Gasteiger partial charge in [-0.1, -0.05) is 265 Å². The van der Waals surface area contributed by atoms with Crippen molar-refractivity contribution in [3.05, 3.63) is 109 Å². The Kier molecular flexibility index (Phi) is 57.4. The van der Waals surface area contributed by atoms with Gasteiger partial charge in [0.25, 0.3) is 0 Å². The van der Waals surface area contributed by atoms with Crippen LogP contribution in [-0.2, 0) is 28.6 Å². The van der Waals surface area contributed by atoms with E-state index in [1.54, 1.807) is 0 Å². The number of hydrogen-bond donors (Lipinski definition) is 0. The van der Waals surface area contributed by atoms with Crippen LogP contribution in [0.2, 0.25) is 0 Å². The van der Waals surface area contributed by atoms with Crippen LogP contribution in [0.25, 0.3) is 0 Å². The molecule has 0 aromatic heterocycles. The summed E-state index contributed by atoms with van der Waals surface area (Å²) in [5.74, 6) is -0.916. The second-order valence-electron chi connectivity index (χ2n) is 19.9. The average molecular weight is 1010 g/mol. The van der Waals surface area contributed by atoms with Gasteiger partial charge >= 0.3 is 17.9 Å². The van der Waals surface area contributed by atoms with Gasteiger partial charge in [0.15, 0.2) is 6.10 Å². The molecule has 0 aliphatic heterocycles. The van der Waals surface area contributed by atoms with E-state index in [1.807, 2.05) is 0 Å². The Morgan fingerprint density at radius 2 is 0.534 bits per heavy atom. The zero-order valence-electron chi connectivity index (χ0n) is 47.6. The van der Waals surface area contributed by atoms with E-state index in [9.17, 15) is 14.4 Å². The monoisotopic (exact) mass is 1010 g/mol. The summed E-state index contributed by atoms with van der Waals surface area (Å²) in [6, 6.07) is 0. The molecule has 0 saturated heterocycles. The molecule has 0 spiro atoms. The number of ether oxygens (including phenoxy) is 3. The van der Waals surface area contributed by atoms with Crippen LogP contribution in [0.15, 0.2) is 109 Å². The van der Waals surface area contributed by atoms with Crippen molar-refractivity contribution in [2.75, 3.05) is 13.2 Å². The lowest BCUT2D eigenvalue weighted by Gasteiger charge is -2.18. The fourth-order valence-corrected chi connectivity index (χ4v) is 8.28. The smallest absolute Gasteiger partial charge is 0.306 e. The van der Waals surface area contributed by atoms with Crippen molar-refractivity contribution < 1.29 is 28.6 Å². The predicted octanol–water partition coefficient (Wildman–Crippen LogP) is 20.7. The maximum absolute atomic E-state index is 12.9. The molecule has 0 bridgehead atoms. The first-order chi connectivity index (χ1) is 36.0. The SMILES string of the molecule is CC/C=C\C/C=C\C/C=C\C/C=C\C/C=C\C/C=C\CCCCCCCCC(=O)OCC(COC(=O)CCCCCCCCCCCCCCCCC)OC(=O)CCCCCCC/C=C\C/C=C\C/C=C\CC. The first kappa shape index (κ1) is 69.1. The van der Waals surface area contributed by atoms with E-state index in [0.717, 1.165) is 148 Å². The fraction of sp³-hybridized carbons (Fsp3) is 0.687. The van der Waals surface area contributed by atoms with Crippen molar-refractivity contribution in [3.63, 3.8) is 0 Å². The third-order valence-corrected chi connectivity index (χ3v) is 12.8. The zero-order chi connectivity index (χ0) is 52.9. The standard InChI is InChI=1S/C67H112O6/c1-4-7-10-13-16-19-22-25-28-29-30-31-32-33-34-35-36-37-40-42-45-48-51-54-57-60-66(69)72-63-64(73-67(70)61-58-55-52-49-46-43-39-27-24-21-18-15-12-9-6-3)62-71-65(68)59-56-53-50-47-44-41-38-26-23-20-17-14-11-8-5-2/h7,9-10,12,16,18-19,21,25,27-28,30-31,33-34,36-37,39,64H,4-6,8,11,13-15,17,20,22-24,26,29,32,35,38,40-63H2,1-3H3/b10-7-,12-9-,19-16-,21-18-,28-25-,31-30-,34-33-,37-36-,39-27-. The van der Waals surface area contributed by atoms with Gasteiger partial charge in [-0.15, -0.1) is 0 Å². The number of unbranched alkanes of at least 4 members (excludes halogenated alkanes) is 25. The number of carbonyl (C=O) groups is 3. The first-order valence-corrected chi connectivity index (χ1v) is 30.4. The summed E-state index contributed by atoms with van der Waals surface area (Å²) in [6.45, 7) is 6.40. The molecule has 6 nitrogen and oxygen atoms in total. The van der Waals surface area contributed by atoms with Crippen LogP contribution < -0.4 is 0 Å². The topological polar surface area (TPSA) is 78.9 Å². The van der Waals surface area contributed by atoms with Crippen LogP contribution in [0, 0.1) is 0 Å². The molecule has 0 aromatic rings. The van der Waals surface area contributed by atoms with Crippen molar-refractivity contribution >= 4 is 17.9 Å². The van der Waals surface area contributed by atoms with Crippen LogP contribution in [0.4, 0.5) is 0 Å². The summed E-state index contributed by atoms with van der Waals surface area (Å²) in [6.07, 6.45) is 82.2. The van der Waals surface area contributed by atoms with E-state index < -0.39 is 6.10 Å². The molecule has 0 amide bonds. The zero-order valence-corrected chi connectivity index (χ0v) is 47.6. The summed E-state index contributed by atoms with van der Waals surface area (Å²) in [5, 5.41) is 0. The molecular weight excluding hydrogens is 901 g/mol. The maximum atomic E-state index is 12.9. The molecule has 0 aliphatic carbocycles. The van der Waals surface area contributed by atoms with Crippen LogP contribution in [0.1, 0.15) is 278 Å². The normalized spacial score (nSPS) is 12.9. The van der Waals surface area contributed by atoms with E-state index in [0.29, 0.717) is 19.3 Å². The lowest BCUT2D eigenvalue weighted by molar-refractivity contribution is -0.167. The lowest BCUT2D eigenvalue weighted by atomic mass is 10.0. The summed E-state index contributed by atoms with van der Waals surface area (Å²) >= 11 is 0. The second kappa shape index (κ2) is 60.6. The van der Waals surface area contributed by atoms with Crippen molar-refractivity contribution in [2.24, 2.45) is 0 Å². The van der Waals surface area contributed by atoms with Crippen LogP contribution in [0.5, 0.6) is 0 Å². The molecule has 1 unspecified atom stereocenters. The van der Waals surface area contributed by atoms with Gasteiger partial charge in [0.05, 0.1) is 0 Å². The Balaban J connectivity index is 4.39. The van der Waals surface area contributed by atoms with E-state index in [-0.39, 0.29) is 31.1 Å². The van der Waals surface area contributed by atoms with E-state index >= 15 is 0 Å². The Labute approximate surface area is 450 Å². The number of hydrogen-bond acceptors (Lipinski definition) is 6. The third-order valence-electron chi connectivity index (χ3n) is 12.8. The van der Waals surface area contributed by atoms with E-state index in [2.05, 4.69) is 130 Å². The summed E-state index contributed by atoms with van der Waals surface area (Å²) < 4.78 is 16.9. The summed E-state index contributed by atoms with van der Waals surface area (Å²) in [7, 11) is 0. The Bertz CT molecular complexity index is 1490. The highest BCUT2D eigenvalue weighted by Gasteiger charge is 2.19. The number of rotatable bonds is 54. The van der Waals surface area contributed by atoms with Crippen molar-refractivity contribution in [3.8, 4) is 0 Å². The highest BCUT2D eigenvalue weighted by molar-refractivity contribution is 5.71. The van der Waals surface area contributed by atoms with Crippen LogP contribution in [-0.4, -0.2) is 37.2 Å². The van der Waals surface area contributed by atoms with Gasteiger partial charge in [0.1, 0.15) is 13.2 Å². The first-order valence-electron chi connectivity index (χ1n) is 30.4. The minimum absolute atomic E-state index is 0.0889. The quantitative estimate of drug-likeness (QED) is 0.0261. The molecule has 0 rings (SSSR count). The molecule has 0 N–H and O–H groups in total. The Morgan fingerprint density at radius 3 is 0.836 bits per heavy atom. The lowest BCUT2D eigenvalue weighted by Crippen LogP contribution is -2.30. The highest BCUT2D eigenvalue weighted by atomic mass is 16.6. The van der Waals surface area contributed by atoms with E-state index in [4.69, 9.17) is 14.2 Å². The van der Waals surface area contributed by atoms with Crippen molar-refractivity contribution in [2.45, 2.75) is 284 Å². The van der Waals surface area contributed by atoms with Gasteiger partial charge < -0.3 is 14.2 Å². The van der Waals surface area contributed by atoms with Crippen LogP contribution >= 0.6 is 0 Å². The van der Waals surface area contributed by atoms with Crippen molar-refractivity contribution in [1.82, 2.24) is 0 Å². The minimum Gasteiger partial charge on any atom is -0.462 e. The molecule has 0 aromatic carbocycles. The number of esters is 3. The van der Waals surface area contributed by atoms with Gasteiger partial charge in [0, 0.05) is 19.3 Å². The summed E-state index contributed by atoms with van der Waals surface area (Å²) in [5.41, 5.74) is 0. The van der Waals surface area contributed by atoms with Gasteiger partial charge in [-0.05, 0) is 103 Å². The Hall–Kier alpha value is -3.93. The second-order valence-corrected chi connectivity index (χ2v) is 19.9. The van der Waals surface area contributed by atoms with Gasteiger partial charge in [-0.3, -0.25) is 14.4 Å². The van der Waals surface area contributed by atoms with Gasteiger partial charge in [-0.25, -0.2) is 0 Å². The molecule has 6 heteroatoms. The molecule has 0 heterocycles. The van der Waals surface area contributed by atoms with Crippen LogP contribution in [0.3, 0.4) is 0 Å². The minimum atomic E-state index is -0.794. The molecule has 0 radical (unpaired) electrons. The molecule has 1 atom stereocenters. The van der Waals surface area contributed by atoms with Gasteiger partial charge in [-0.2, -0.15) is 0 Å². The Morgan fingerprint density at radius 1 is 0.288 bits per heavy atom. The summed E-state index contributed by atoms with van der Waals surface area (Å²) in [4.78, 5) is 38.2. The molecule has 73 heavy (non-hydrogen) atoms. The number of allylic oxidation sites excluding steroid dienone is 18. The molecule has 0 aliphatic rings. The molecular formula is C67H112O6. The largest absolute Gasteiger partial charge is 0.462 e. The predicted molar refractivity (Wildman–Crippen MR) is 316 cm³/mol.